The lowest BCUT2D eigenvalue weighted by atomic mass is 10.1. The second kappa shape index (κ2) is 9.73. The topological polar surface area (TPSA) is 81.9 Å². The lowest BCUT2D eigenvalue weighted by Crippen LogP contribution is -2.30. The molecular weight excluding hydrogens is 360 g/mol. The van der Waals surface area contributed by atoms with Crippen molar-refractivity contribution in [1.82, 2.24) is 4.90 Å². The van der Waals surface area contributed by atoms with Crippen LogP contribution in [0.25, 0.3) is 0 Å². The number of hydrogen-bond donors (Lipinski definition) is 0. The summed E-state index contributed by atoms with van der Waals surface area (Å²) in [6, 6.07) is 10.4. The maximum absolute atomic E-state index is 12.0. The zero-order valence-corrected chi connectivity index (χ0v) is 16.7. The molecule has 0 fully saturated rings. The van der Waals surface area contributed by atoms with Crippen molar-refractivity contribution in [3.63, 3.8) is 0 Å². The number of nitro benzene ring substituents is 1. The minimum Gasteiger partial charge on any atom is -0.496 e. The van der Waals surface area contributed by atoms with Crippen LogP contribution >= 0.6 is 0 Å². The molecule has 0 saturated carbocycles. The highest BCUT2D eigenvalue weighted by Gasteiger charge is 2.16. The van der Waals surface area contributed by atoms with E-state index < -0.39 is 4.92 Å². The number of methoxy groups -OCH3 is 1. The maximum Gasteiger partial charge on any atom is 0.270 e. The Bertz CT molecular complexity index is 851. The van der Waals surface area contributed by atoms with Gasteiger partial charge in [-0.05, 0) is 38.0 Å². The molecule has 0 aliphatic rings. The fraction of sp³-hybridized carbons (Fsp3) is 0.381. The molecule has 2 aromatic rings. The van der Waals surface area contributed by atoms with Crippen LogP contribution in [0.15, 0.2) is 36.4 Å². The summed E-state index contributed by atoms with van der Waals surface area (Å²) in [5, 5.41) is 11.0. The van der Waals surface area contributed by atoms with Gasteiger partial charge >= 0.3 is 0 Å². The largest absolute Gasteiger partial charge is 0.496 e. The number of non-ortho nitro benzene ring substituents is 1. The molecule has 0 aromatic heterocycles. The minimum atomic E-state index is -0.460. The predicted molar refractivity (Wildman–Crippen MR) is 107 cm³/mol. The monoisotopic (exact) mass is 386 g/mol. The number of amides is 1. The van der Waals surface area contributed by atoms with E-state index in [-0.39, 0.29) is 18.1 Å². The van der Waals surface area contributed by atoms with Crippen LogP contribution in [0, 0.1) is 24.0 Å². The average Bonchev–Trinajstić information content (AvgIpc) is 2.65. The summed E-state index contributed by atoms with van der Waals surface area (Å²) in [6.07, 6.45) is 0.643. The summed E-state index contributed by atoms with van der Waals surface area (Å²) < 4.78 is 11.1. The molecule has 0 aliphatic heterocycles. The molecule has 7 heteroatoms. The van der Waals surface area contributed by atoms with Crippen LogP contribution in [0.1, 0.15) is 30.0 Å². The van der Waals surface area contributed by atoms with Gasteiger partial charge < -0.3 is 14.4 Å². The lowest BCUT2D eigenvalue weighted by molar-refractivity contribution is -0.385. The number of rotatable bonds is 9. The number of carbonyl (C=O) groups is 1. The van der Waals surface area contributed by atoms with Gasteiger partial charge in [-0.1, -0.05) is 17.7 Å². The molecule has 0 saturated heterocycles. The second-order valence-corrected chi connectivity index (χ2v) is 6.66. The standard InChI is InChI=1S/C21H26N2O5/c1-15-6-8-20(16(2)12-15)28-11-5-10-22(17(3)24)14-18-13-19(23(25)26)7-9-21(18)27-4/h6-9,12-13H,5,10-11,14H2,1-4H3. The fourth-order valence-corrected chi connectivity index (χ4v) is 2.95. The SMILES string of the molecule is COc1ccc([N+](=O)[O-])cc1CN(CCCOc1ccc(C)cc1C)C(C)=O. The van der Waals surface area contributed by atoms with Crippen molar-refractivity contribution < 1.29 is 19.2 Å². The molecule has 7 nitrogen and oxygen atoms in total. The summed E-state index contributed by atoms with van der Waals surface area (Å²) in [6.45, 7) is 6.70. The molecule has 0 heterocycles. The van der Waals surface area contributed by atoms with Crippen molar-refractivity contribution >= 4 is 11.6 Å². The molecule has 1 amide bonds. The molecule has 28 heavy (non-hydrogen) atoms. The highest BCUT2D eigenvalue weighted by atomic mass is 16.6. The van der Waals surface area contributed by atoms with Gasteiger partial charge in [0.1, 0.15) is 11.5 Å². The van der Waals surface area contributed by atoms with Crippen LogP contribution in [-0.4, -0.2) is 36.0 Å². The van der Waals surface area contributed by atoms with E-state index in [0.717, 1.165) is 11.3 Å². The quantitative estimate of drug-likeness (QED) is 0.369. The summed E-state index contributed by atoms with van der Waals surface area (Å²) in [5.74, 6) is 1.24. The van der Waals surface area contributed by atoms with Crippen molar-refractivity contribution in [3.05, 3.63) is 63.2 Å². The first-order valence-corrected chi connectivity index (χ1v) is 9.08. The van der Waals surface area contributed by atoms with Crippen molar-refractivity contribution in [2.24, 2.45) is 0 Å². The number of nitrogens with zero attached hydrogens (tertiary/aromatic N) is 2. The smallest absolute Gasteiger partial charge is 0.270 e. The van der Waals surface area contributed by atoms with Crippen LogP contribution in [0.5, 0.6) is 11.5 Å². The van der Waals surface area contributed by atoms with Crippen LogP contribution in [0.4, 0.5) is 5.69 Å². The summed E-state index contributed by atoms with van der Waals surface area (Å²) in [5.41, 5.74) is 2.82. The number of aryl methyl sites for hydroxylation is 2. The summed E-state index contributed by atoms with van der Waals surface area (Å²) in [4.78, 5) is 24.2. The number of nitro groups is 1. The first-order chi connectivity index (χ1) is 13.3. The molecule has 150 valence electrons. The predicted octanol–water partition coefficient (Wildman–Crippen LogP) is 4.04. The fourth-order valence-electron chi connectivity index (χ4n) is 2.95. The molecule has 0 bridgehead atoms. The van der Waals surface area contributed by atoms with Crippen LogP contribution in [-0.2, 0) is 11.3 Å². The molecule has 0 N–H and O–H groups in total. The van der Waals surface area contributed by atoms with E-state index >= 15 is 0 Å². The highest BCUT2D eigenvalue weighted by molar-refractivity contribution is 5.73. The van der Waals surface area contributed by atoms with E-state index in [0.29, 0.717) is 30.9 Å². The molecule has 2 aromatic carbocycles. The van der Waals surface area contributed by atoms with E-state index in [1.54, 1.807) is 11.0 Å². The van der Waals surface area contributed by atoms with Crippen LogP contribution in [0.2, 0.25) is 0 Å². The zero-order chi connectivity index (χ0) is 20.7. The van der Waals surface area contributed by atoms with Crippen molar-refractivity contribution in [3.8, 4) is 11.5 Å². The Morgan fingerprint density at radius 1 is 1.14 bits per heavy atom. The highest BCUT2D eigenvalue weighted by Crippen LogP contribution is 2.25. The molecule has 2 rings (SSSR count). The van der Waals surface area contributed by atoms with Crippen molar-refractivity contribution in [1.29, 1.82) is 0 Å². The number of benzene rings is 2. The van der Waals surface area contributed by atoms with Gasteiger partial charge in [-0.15, -0.1) is 0 Å². The summed E-state index contributed by atoms with van der Waals surface area (Å²) in [7, 11) is 1.50. The minimum absolute atomic E-state index is 0.0301. The van der Waals surface area contributed by atoms with Crippen LogP contribution < -0.4 is 9.47 Å². The van der Waals surface area contributed by atoms with Gasteiger partial charge in [0.2, 0.25) is 5.91 Å². The number of hydrogen-bond acceptors (Lipinski definition) is 5. The van der Waals surface area contributed by atoms with E-state index in [1.807, 2.05) is 26.0 Å². The Labute approximate surface area is 165 Å². The first-order valence-electron chi connectivity index (χ1n) is 9.08. The van der Waals surface area contributed by atoms with Gasteiger partial charge in [0, 0.05) is 37.7 Å². The third kappa shape index (κ3) is 5.70. The average molecular weight is 386 g/mol. The van der Waals surface area contributed by atoms with Gasteiger partial charge in [-0.2, -0.15) is 0 Å². The Morgan fingerprint density at radius 3 is 2.46 bits per heavy atom. The van der Waals surface area contributed by atoms with E-state index in [9.17, 15) is 14.9 Å². The molecule has 0 aliphatic carbocycles. The number of ether oxygens (including phenoxy) is 2. The lowest BCUT2D eigenvalue weighted by Gasteiger charge is -2.22. The molecule has 0 unspecified atom stereocenters. The third-order valence-electron chi connectivity index (χ3n) is 4.44. The zero-order valence-electron chi connectivity index (χ0n) is 16.7. The van der Waals surface area contributed by atoms with E-state index in [2.05, 4.69) is 6.07 Å². The van der Waals surface area contributed by atoms with Crippen molar-refractivity contribution in [2.75, 3.05) is 20.3 Å². The van der Waals surface area contributed by atoms with E-state index in [1.165, 1.54) is 31.7 Å². The van der Waals surface area contributed by atoms with Gasteiger partial charge in [-0.25, -0.2) is 0 Å². The van der Waals surface area contributed by atoms with Gasteiger partial charge in [0.25, 0.3) is 5.69 Å². The first kappa shape index (κ1) is 21.2. The van der Waals surface area contributed by atoms with Gasteiger partial charge in [0.15, 0.2) is 0 Å². The molecule has 0 atom stereocenters. The van der Waals surface area contributed by atoms with Gasteiger partial charge in [0.05, 0.1) is 18.6 Å². The molecular formula is C21H26N2O5. The maximum atomic E-state index is 12.0. The third-order valence-corrected chi connectivity index (χ3v) is 4.44. The van der Waals surface area contributed by atoms with Crippen LogP contribution in [0.3, 0.4) is 0 Å². The second-order valence-electron chi connectivity index (χ2n) is 6.66. The Morgan fingerprint density at radius 2 is 1.86 bits per heavy atom. The van der Waals surface area contributed by atoms with Crippen molar-refractivity contribution in [2.45, 2.75) is 33.7 Å². The molecule has 0 spiro atoms. The normalized spacial score (nSPS) is 10.4. The molecule has 0 radical (unpaired) electrons. The Kier molecular flexibility index (Phi) is 7.37. The summed E-state index contributed by atoms with van der Waals surface area (Å²) >= 11 is 0. The van der Waals surface area contributed by atoms with E-state index in [4.69, 9.17) is 9.47 Å². The Balaban J connectivity index is 1.99. The van der Waals surface area contributed by atoms with Gasteiger partial charge in [-0.3, -0.25) is 14.9 Å². The Hall–Kier alpha value is -3.09. The number of carbonyl (C=O) groups excluding carboxylic acids is 1.